The van der Waals surface area contributed by atoms with Crippen molar-refractivity contribution in [2.45, 2.75) is 50.2 Å². The first-order valence-electron chi connectivity index (χ1n) is 7.91. The second-order valence-corrected chi connectivity index (χ2v) is 7.56. The van der Waals surface area contributed by atoms with Gasteiger partial charge in [0.2, 0.25) is 0 Å². The van der Waals surface area contributed by atoms with Crippen LogP contribution in [-0.4, -0.2) is 48.1 Å². The molecule has 1 atom stereocenters. The van der Waals surface area contributed by atoms with Crippen LogP contribution in [0.4, 0.5) is 0 Å². The van der Waals surface area contributed by atoms with Crippen molar-refractivity contribution in [3.8, 4) is 0 Å². The van der Waals surface area contributed by atoms with Crippen molar-refractivity contribution in [1.29, 1.82) is 0 Å². The Morgan fingerprint density at radius 2 is 2.25 bits per heavy atom. The summed E-state index contributed by atoms with van der Waals surface area (Å²) in [4.78, 5) is 6.72. The molecule has 1 aromatic rings. The molecule has 0 aromatic carbocycles. The largest absolute Gasteiger partial charge is 0.329 e. The number of likely N-dealkylation sites (tertiary alicyclic amines) is 1. The van der Waals surface area contributed by atoms with Gasteiger partial charge in [-0.05, 0) is 63.7 Å². The average Bonchev–Trinajstić information content (AvgIpc) is 3.20. The third kappa shape index (κ3) is 3.08. The lowest BCUT2D eigenvalue weighted by atomic mass is 9.88. The molecule has 0 bridgehead atoms. The molecule has 3 nitrogen and oxygen atoms in total. The predicted molar refractivity (Wildman–Crippen MR) is 86.0 cm³/mol. The molecule has 1 aromatic heterocycles. The van der Waals surface area contributed by atoms with Crippen LogP contribution in [-0.2, 0) is 6.54 Å². The van der Waals surface area contributed by atoms with Crippen molar-refractivity contribution in [1.82, 2.24) is 9.80 Å². The highest BCUT2D eigenvalue weighted by Crippen LogP contribution is 2.39. The molecule has 1 saturated heterocycles. The summed E-state index contributed by atoms with van der Waals surface area (Å²) in [5, 5.41) is 2.19. The van der Waals surface area contributed by atoms with E-state index in [1.807, 2.05) is 11.3 Å². The molecule has 3 rings (SSSR count). The van der Waals surface area contributed by atoms with Crippen LogP contribution in [0.1, 0.15) is 37.0 Å². The van der Waals surface area contributed by atoms with Crippen LogP contribution < -0.4 is 5.73 Å². The zero-order chi connectivity index (χ0) is 14.0. The van der Waals surface area contributed by atoms with Crippen LogP contribution in [0.15, 0.2) is 17.5 Å². The van der Waals surface area contributed by atoms with Gasteiger partial charge in [0.15, 0.2) is 0 Å². The minimum atomic E-state index is 0.232. The average molecular weight is 293 g/mol. The number of nitrogens with zero attached hydrogens (tertiary/aromatic N) is 2. The van der Waals surface area contributed by atoms with Crippen molar-refractivity contribution in [3.63, 3.8) is 0 Å². The number of hydrogen-bond donors (Lipinski definition) is 1. The fourth-order valence-corrected chi connectivity index (χ4v) is 4.27. The molecule has 1 saturated carbocycles. The van der Waals surface area contributed by atoms with E-state index in [9.17, 15) is 0 Å². The molecule has 1 aliphatic heterocycles. The Balaban J connectivity index is 1.79. The van der Waals surface area contributed by atoms with Crippen molar-refractivity contribution in [3.05, 3.63) is 22.4 Å². The molecule has 2 fully saturated rings. The van der Waals surface area contributed by atoms with Crippen LogP contribution >= 0.6 is 11.3 Å². The first-order valence-corrected chi connectivity index (χ1v) is 8.79. The summed E-state index contributed by atoms with van der Waals surface area (Å²) >= 11 is 1.88. The summed E-state index contributed by atoms with van der Waals surface area (Å²) in [5.74, 6) is 0. The minimum absolute atomic E-state index is 0.232. The van der Waals surface area contributed by atoms with Crippen molar-refractivity contribution >= 4 is 11.3 Å². The van der Waals surface area contributed by atoms with Crippen LogP contribution in [0.5, 0.6) is 0 Å². The molecule has 0 radical (unpaired) electrons. The Labute approximate surface area is 126 Å². The van der Waals surface area contributed by atoms with Crippen LogP contribution in [0, 0.1) is 0 Å². The Bertz CT molecular complexity index is 415. The van der Waals surface area contributed by atoms with Gasteiger partial charge in [0.1, 0.15) is 0 Å². The van der Waals surface area contributed by atoms with Crippen LogP contribution in [0.25, 0.3) is 0 Å². The lowest BCUT2D eigenvalue weighted by Crippen LogP contribution is -2.54. The fourth-order valence-electron chi connectivity index (χ4n) is 3.56. The molecule has 2 aliphatic rings. The molecular formula is C16H27N3S. The maximum atomic E-state index is 6.29. The van der Waals surface area contributed by atoms with E-state index in [1.54, 1.807) is 0 Å². The number of thiophene rings is 1. The SMILES string of the molecule is CN1CCCC(CN)(N(Cc2cccs2)C2CC2)CC1. The van der Waals surface area contributed by atoms with Gasteiger partial charge >= 0.3 is 0 Å². The highest BCUT2D eigenvalue weighted by atomic mass is 32.1. The van der Waals surface area contributed by atoms with Gasteiger partial charge in [0, 0.05) is 29.5 Å². The molecule has 2 N–H and O–H groups in total. The zero-order valence-electron chi connectivity index (χ0n) is 12.6. The summed E-state index contributed by atoms with van der Waals surface area (Å²) < 4.78 is 0. The molecule has 0 spiro atoms. The summed E-state index contributed by atoms with van der Waals surface area (Å²) in [7, 11) is 2.24. The number of nitrogens with two attached hydrogens (primary N) is 1. The molecule has 2 heterocycles. The molecule has 112 valence electrons. The van der Waals surface area contributed by atoms with Crippen molar-refractivity contribution in [2.75, 3.05) is 26.7 Å². The molecule has 20 heavy (non-hydrogen) atoms. The van der Waals surface area contributed by atoms with Gasteiger partial charge in [-0.2, -0.15) is 0 Å². The van der Waals surface area contributed by atoms with Gasteiger partial charge in [-0.25, -0.2) is 0 Å². The summed E-state index contributed by atoms with van der Waals surface area (Å²) in [6.07, 6.45) is 6.49. The van der Waals surface area contributed by atoms with Crippen molar-refractivity contribution < 1.29 is 0 Å². The van der Waals surface area contributed by atoms with Gasteiger partial charge < -0.3 is 10.6 Å². The summed E-state index contributed by atoms with van der Waals surface area (Å²) in [6, 6.07) is 5.22. The molecule has 1 aliphatic carbocycles. The molecular weight excluding hydrogens is 266 g/mol. The second-order valence-electron chi connectivity index (χ2n) is 6.52. The van der Waals surface area contributed by atoms with Gasteiger partial charge in [-0.15, -0.1) is 11.3 Å². The monoisotopic (exact) mass is 293 g/mol. The number of hydrogen-bond acceptors (Lipinski definition) is 4. The van der Waals surface area contributed by atoms with Gasteiger partial charge in [0.05, 0.1) is 0 Å². The van der Waals surface area contributed by atoms with Crippen LogP contribution in [0.2, 0.25) is 0 Å². The normalized spacial score (nSPS) is 28.8. The first-order chi connectivity index (χ1) is 9.73. The van der Waals surface area contributed by atoms with Gasteiger partial charge in [-0.1, -0.05) is 6.07 Å². The molecule has 0 amide bonds. The maximum absolute atomic E-state index is 6.29. The Morgan fingerprint density at radius 1 is 1.40 bits per heavy atom. The third-order valence-corrected chi connectivity index (χ3v) is 5.89. The van der Waals surface area contributed by atoms with Crippen LogP contribution in [0.3, 0.4) is 0 Å². The van der Waals surface area contributed by atoms with Gasteiger partial charge in [0.25, 0.3) is 0 Å². The Morgan fingerprint density at radius 3 is 2.90 bits per heavy atom. The lowest BCUT2D eigenvalue weighted by molar-refractivity contribution is 0.0629. The smallest absolute Gasteiger partial charge is 0.0351 e. The Hall–Kier alpha value is -0.420. The lowest BCUT2D eigenvalue weighted by Gasteiger charge is -2.43. The second kappa shape index (κ2) is 6.14. The first kappa shape index (κ1) is 14.5. The topological polar surface area (TPSA) is 32.5 Å². The fraction of sp³-hybridized carbons (Fsp3) is 0.750. The van der Waals surface area contributed by atoms with E-state index in [4.69, 9.17) is 5.73 Å². The van der Waals surface area contributed by atoms with E-state index in [2.05, 4.69) is 34.4 Å². The third-order valence-electron chi connectivity index (χ3n) is 5.02. The maximum Gasteiger partial charge on any atom is 0.0351 e. The summed E-state index contributed by atoms with van der Waals surface area (Å²) in [5.41, 5.74) is 6.52. The standard InChI is InChI=1S/C16H27N3S/c1-18-9-3-7-16(13-17,8-10-18)19(14-5-6-14)12-15-4-2-11-20-15/h2,4,11,14H,3,5-10,12-13,17H2,1H3. The van der Waals surface area contributed by atoms with Gasteiger partial charge in [-0.3, -0.25) is 4.90 Å². The van der Waals surface area contributed by atoms with E-state index >= 15 is 0 Å². The van der Waals surface area contributed by atoms with Crippen molar-refractivity contribution in [2.24, 2.45) is 5.73 Å². The molecule has 4 heteroatoms. The van der Waals surface area contributed by atoms with E-state index in [1.165, 1.54) is 50.1 Å². The van der Waals surface area contributed by atoms with E-state index < -0.39 is 0 Å². The van der Waals surface area contributed by atoms with E-state index in [0.29, 0.717) is 0 Å². The van der Waals surface area contributed by atoms with E-state index in [0.717, 1.165) is 19.1 Å². The predicted octanol–water partition coefficient (Wildman–Crippen LogP) is 2.53. The highest BCUT2D eigenvalue weighted by Gasteiger charge is 2.43. The summed E-state index contributed by atoms with van der Waals surface area (Å²) in [6.45, 7) is 4.32. The Kier molecular flexibility index (Phi) is 4.46. The zero-order valence-corrected chi connectivity index (χ0v) is 13.4. The molecule has 1 unspecified atom stereocenters. The van der Waals surface area contributed by atoms with E-state index in [-0.39, 0.29) is 5.54 Å². The highest BCUT2D eigenvalue weighted by molar-refractivity contribution is 7.09. The minimum Gasteiger partial charge on any atom is -0.329 e. The quantitative estimate of drug-likeness (QED) is 0.905. The number of rotatable bonds is 5.